The van der Waals surface area contributed by atoms with Gasteiger partial charge in [0.15, 0.2) is 5.78 Å². The molecular formula is C17H20N2O2. The second-order valence-corrected chi connectivity index (χ2v) is 5.55. The van der Waals surface area contributed by atoms with Crippen LogP contribution in [-0.2, 0) is 6.42 Å². The van der Waals surface area contributed by atoms with Crippen LogP contribution in [0.2, 0.25) is 0 Å². The molecule has 3 rings (SSSR count). The summed E-state index contributed by atoms with van der Waals surface area (Å²) in [6, 6.07) is 11.1. The summed E-state index contributed by atoms with van der Waals surface area (Å²) >= 11 is 0. The number of phenolic OH excluding ortho intramolecular Hbond substituents is 1. The van der Waals surface area contributed by atoms with Crippen LogP contribution >= 0.6 is 0 Å². The van der Waals surface area contributed by atoms with E-state index in [1.54, 1.807) is 18.2 Å². The topological polar surface area (TPSA) is 54.3 Å². The van der Waals surface area contributed by atoms with Gasteiger partial charge in [-0.25, -0.2) is 0 Å². The number of Topliss-reactive ketones (excluding diaryl/α,β-unsaturated/α-hetero) is 1. The van der Waals surface area contributed by atoms with Crippen LogP contribution in [0.5, 0.6) is 5.75 Å². The maximum atomic E-state index is 12.5. The Morgan fingerprint density at radius 3 is 2.81 bits per heavy atom. The Kier molecular flexibility index (Phi) is 4.06. The zero-order valence-corrected chi connectivity index (χ0v) is 12.0. The molecule has 2 N–H and O–H groups in total. The van der Waals surface area contributed by atoms with Gasteiger partial charge in [-0.3, -0.25) is 4.79 Å². The first kappa shape index (κ1) is 13.9. The minimum absolute atomic E-state index is 0.101. The maximum Gasteiger partial charge on any atom is 0.183 e. The number of piperidine rings is 1. The smallest absolute Gasteiger partial charge is 0.183 e. The highest BCUT2D eigenvalue weighted by atomic mass is 16.3. The fourth-order valence-corrected chi connectivity index (χ4v) is 2.98. The van der Waals surface area contributed by atoms with Crippen molar-refractivity contribution in [1.82, 2.24) is 9.88 Å². The quantitative estimate of drug-likeness (QED) is 0.848. The van der Waals surface area contributed by atoms with Crippen molar-refractivity contribution in [3.8, 4) is 5.75 Å². The molecule has 0 radical (unpaired) electrons. The average Bonchev–Trinajstić information content (AvgIpc) is 2.98. The first-order chi connectivity index (χ1) is 10.2. The van der Waals surface area contributed by atoms with Crippen molar-refractivity contribution in [3.05, 3.63) is 53.9 Å². The highest BCUT2D eigenvalue weighted by Gasteiger charge is 2.20. The lowest BCUT2D eigenvalue weighted by atomic mass is 10.0. The van der Waals surface area contributed by atoms with Crippen LogP contribution in [0.1, 0.15) is 34.9 Å². The molecule has 0 aliphatic carbocycles. The molecule has 1 aromatic heterocycles. The Balaban J connectivity index is 1.77. The van der Waals surface area contributed by atoms with Crippen molar-refractivity contribution in [2.45, 2.75) is 25.3 Å². The molecule has 2 heterocycles. The molecule has 1 aliphatic rings. The van der Waals surface area contributed by atoms with Crippen LogP contribution < -0.4 is 5.32 Å². The molecule has 1 aliphatic heterocycles. The maximum absolute atomic E-state index is 12.5. The van der Waals surface area contributed by atoms with E-state index in [0.29, 0.717) is 12.5 Å². The van der Waals surface area contributed by atoms with Crippen molar-refractivity contribution >= 4 is 5.78 Å². The Morgan fingerprint density at radius 2 is 2.05 bits per heavy atom. The zero-order valence-electron chi connectivity index (χ0n) is 12.0. The molecule has 0 atom stereocenters. The van der Waals surface area contributed by atoms with Gasteiger partial charge in [0.2, 0.25) is 0 Å². The molecule has 4 heteroatoms. The summed E-state index contributed by atoms with van der Waals surface area (Å²) in [5.74, 6) is 0.304. The minimum Gasteiger partial charge on any atom is -0.508 e. The van der Waals surface area contributed by atoms with Crippen molar-refractivity contribution in [2.24, 2.45) is 0 Å². The van der Waals surface area contributed by atoms with E-state index in [1.165, 1.54) is 0 Å². The first-order valence-electron chi connectivity index (χ1n) is 7.43. The zero-order chi connectivity index (χ0) is 14.7. The number of aromatic hydroxyl groups is 1. The molecular weight excluding hydrogens is 264 g/mol. The number of nitrogens with one attached hydrogen (secondary N) is 1. The molecule has 0 saturated carbocycles. The standard InChI is InChI=1S/C17H20N2O2/c20-15-4-1-3-13(11-15)12-17(21)16-5-2-10-19(16)14-6-8-18-9-7-14/h1-5,10-11,14,18,20H,6-9,12H2. The monoisotopic (exact) mass is 284 g/mol. The van der Waals surface area contributed by atoms with Gasteiger partial charge in [0, 0.05) is 18.7 Å². The molecule has 1 fully saturated rings. The third-order valence-electron chi connectivity index (χ3n) is 4.04. The van der Waals surface area contributed by atoms with Gasteiger partial charge >= 0.3 is 0 Å². The van der Waals surface area contributed by atoms with Gasteiger partial charge in [0.25, 0.3) is 0 Å². The largest absolute Gasteiger partial charge is 0.508 e. The van der Waals surface area contributed by atoms with E-state index in [-0.39, 0.29) is 11.5 Å². The third-order valence-corrected chi connectivity index (χ3v) is 4.04. The van der Waals surface area contributed by atoms with Crippen molar-refractivity contribution < 1.29 is 9.90 Å². The summed E-state index contributed by atoms with van der Waals surface area (Å²) in [4.78, 5) is 12.5. The number of carbonyl (C=O) groups is 1. The SMILES string of the molecule is O=C(Cc1cccc(O)c1)c1cccn1C1CCNCC1. The molecule has 0 spiro atoms. The molecule has 110 valence electrons. The first-order valence-corrected chi connectivity index (χ1v) is 7.43. The number of nitrogens with zero attached hydrogens (tertiary/aromatic N) is 1. The van der Waals surface area contributed by atoms with E-state index >= 15 is 0 Å². The second kappa shape index (κ2) is 6.14. The van der Waals surface area contributed by atoms with E-state index in [0.717, 1.165) is 37.2 Å². The number of hydrogen-bond acceptors (Lipinski definition) is 3. The fourth-order valence-electron chi connectivity index (χ4n) is 2.98. The van der Waals surface area contributed by atoms with Gasteiger partial charge in [-0.15, -0.1) is 0 Å². The van der Waals surface area contributed by atoms with Crippen LogP contribution in [0.4, 0.5) is 0 Å². The van der Waals surface area contributed by atoms with Gasteiger partial charge in [-0.1, -0.05) is 12.1 Å². The van der Waals surface area contributed by atoms with Gasteiger partial charge in [0.1, 0.15) is 5.75 Å². The van der Waals surface area contributed by atoms with Crippen LogP contribution in [0.15, 0.2) is 42.6 Å². The molecule has 4 nitrogen and oxygen atoms in total. The Labute approximate surface area is 124 Å². The second-order valence-electron chi connectivity index (χ2n) is 5.55. The number of rotatable bonds is 4. The normalized spacial score (nSPS) is 16.0. The highest BCUT2D eigenvalue weighted by Crippen LogP contribution is 2.22. The summed E-state index contributed by atoms with van der Waals surface area (Å²) in [7, 11) is 0. The molecule has 1 saturated heterocycles. The van der Waals surface area contributed by atoms with Crippen molar-refractivity contribution in [2.75, 3.05) is 13.1 Å². The van der Waals surface area contributed by atoms with Crippen molar-refractivity contribution in [3.63, 3.8) is 0 Å². The highest BCUT2D eigenvalue weighted by molar-refractivity contribution is 5.96. The van der Waals surface area contributed by atoms with Gasteiger partial charge in [0.05, 0.1) is 5.69 Å². The molecule has 2 aromatic rings. The van der Waals surface area contributed by atoms with Crippen LogP contribution in [0, 0.1) is 0 Å². The molecule has 21 heavy (non-hydrogen) atoms. The minimum atomic E-state index is 0.101. The van der Waals surface area contributed by atoms with Crippen LogP contribution in [0.25, 0.3) is 0 Å². The molecule has 1 aromatic carbocycles. The Hall–Kier alpha value is -2.07. The van der Waals surface area contributed by atoms with E-state index in [1.807, 2.05) is 24.4 Å². The lowest BCUT2D eigenvalue weighted by Crippen LogP contribution is -2.30. The predicted octanol–water partition coefficient (Wildman–Crippen LogP) is 2.54. The summed E-state index contributed by atoms with van der Waals surface area (Å²) in [6.45, 7) is 2.01. The molecule has 0 unspecified atom stereocenters. The van der Waals surface area contributed by atoms with Crippen molar-refractivity contribution in [1.29, 1.82) is 0 Å². The summed E-state index contributed by atoms with van der Waals surface area (Å²) in [6.07, 6.45) is 4.44. The van der Waals surface area contributed by atoms with E-state index < -0.39 is 0 Å². The summed E-state index contributed by atoms with van der Waals surface area (Å²) < 4.78 is 2.12. The number of ketones is 1. The summed E-state index contributed by atoms with van der Waals surface area (Å²) in [5.41, 5.74) is 1.61. The van der Waals surface area contributed by atoms with E-state index in [2.05, 4.69) is 9.88 Å². The Morgan fingerprint density at radius 1 is 1.24 bits per heavy atom. The van der Waals surface area contributed by atoms with Crippen LogP contribution in [-0.4, -0.2) is 28.5 Å². The van der Waals surface area contributed by atoms with Crippen LogP contribution in [0.3, 0.4) is 0 Å². The van der Waals surface area contributed by atoms with E-state index in [4.69, 9.17) is 0 Å². The predicted molar refractivity (Wildman–Crippen MR) is 81.7 cm³/mol. The number of benzene rings is 1. The number of aromatic nitrogens is 1. The van der Waals surface area contributed by atoms with Gasteiger partial charge in [-0.2, -0.15) is 0 Å². The Bertz CT molecular complexity index is 627. The average molecular weight is 284 g/mol. The molecule has 0 bridgehead atoms. The lowest BCUT2D eigenvalue weighted by Gasteiger charge is -2.25. The van der Waals surface area contributed by atoms with Gasteiger partial charge < -0.3 is 15.0 Å². The number of carbonyl (C=O) groups excluding carboxylic acids is 1. The third kappa shape index (κ3) is 3.16. The van der Waals surface area contributed by atoms with E-state index in [9.17, 15) is 9.90 Å². The lowest BCUT2D eigenvalue weighted by molar-refractivity contribution is 0.0980. The molecule has 0 amide bonds. The van der Waals surface area contributed by atoms with Gasteiger partial charge in [-0.05, 0) is 55.8 Å². The number of phenols is 1. The fraction of sp³-hybridized carbons (Fsp3) is 0.353. The number of hydrogen-bond donors (Lipinski definition) is 2. The summed E-state index contributed by atoms with van der Waals surface area (Å²) in [5, 5.41) is 12.8.